The molecule has 4 heteroatoms. The van der Waals surface area contributed by atoms with Gasteiger partial charge in [0.25, 0.3) is 0 Å². The van der Waals surface area contributed by atoms with Crippen LogP contribution in [-0.4, -0.2) is 44.5 Å². The van der Waals surface area contributed by atoms with Crippen LogP contribution < -0.4 is 9.47 Å². The zero-order valence-electron chi connectivity index (χ0n) is 11.8. The monoisotopic (exact) mass is 263 g/mol. The highest BCUT2D eigenvalue weighted by molar-refractivity contribution is 5.94. The standard InChI is InChI=1S/C15H21NO3/c1-11(17)13-4-5-14(15(8-13)18-3)19-10-12-6-7-16(2)9-12/h4-5,8,12H,6-7,9-10H2,1-3H3. The van der Waals surface area contributed by atoms with E-state index in [1.165, 1.54) is 6.42 Å². The van der Waals surface area contributed by atoms with E-state index < -0.39 is 0 Å². The molecule has 0 amide bonds. The van der Waals surface area contributed by atoms with Crippen LogP contribution in [0, 0.1) is 5.92 Å². The molecule has 0 aromatic heterocycles. The van der Waals surface area contributed by atoms with E-state index in [0.717, 1.165) is 13.1 Å². The summed E-state index contributed by atoms with van der Waals surface area (Å²) in [6.45, 7) is 4.45. The number of Topliss-reactive ketones (excluding diaryl/α,β-unsaturated/α-hetero) is 1. The molecule has 0 saturated carbocycles. The van der Waals surface area contributed by atoms with Crippen molar-refractivity contribution in [1.82, 2.24) is 4.90 Å². The van der Waals surface area contributed by atoms with Gasteiger partial charge < -0.3 is 14.4 Å². The molecule has 1 heterocycles. The third kappa shape index (κ3) is 3.47. The maximum absolute atomic E-state index is 11.3. The fraction of sp³-hybridized carbons (Fsp3) is 0.533. The average molecular weight is 263 g/mol. The highest BCUT2D eigenvalue weighted by atomic mass is 16.5. The van der Waals surface area contributed by atoms with Gasteiger partial charge in [-0.25, -0.2) is 0 Å². The van der Waals surface area contributed by atoms with Crippen molar-refractivity contribution < 1.29 is 14.3 Å². The summed E-state index contributed by atoms with van der Waals surface area (Å²) in [7, 11) is 3.72. The Hall–Kier alpha value is -1.55. The maximum Gasteiger partial charge on any atom is 0.161 e. The molecule has 1 aromatic carbocycles. The molecule has 1 unspecified atom stereocenters. The first-order valence-corrected chi connectivity index (χ1v) is 6.60. The van der Waals surface area contributed by atoms with E-state index in [1.54, 1.807) is 26.2 Å². The first-order valence-electron chi connectivity index (χ1n) is 6.60. The summed E-state index contributed by atoms with van der Waals surface area (Å²) in [5, 5.41) is 0. The molecule has 1 aliphatic rings. The van der Waals surface area contributed by atoms with Gasteiger partial charge in [0.2, 0.25) is 0 Å². The van der Waals surface area contributed by atoms with Gasteiger partial charge in [0, 0.05) is 18.0 Å². The Morgan fingerprint density at radius 1 is 1.42 bits per heavy atom. The quantitative estimate of drug-likeness (QED) is 0.764. The topological polar surface area (TPSA) is 38.8 Å². The third-order valence-corrected chi connectivity index (χ3v) is 3.53. The molecule has 2 rings (SSSR count). The molecule has 1 aliphatic heterocycles. The molecule has 0 spiro atoms. The molecular formula is C15H21NO3. The second-order valence-electron chi connectivity index (χ2n) is 5.15. The van der Waals surface area contributed by atoms with Crippen LogP contribution in [0.2, 0.25) is 0 Å². The molecule has 0 radical (unpaired) electrons. The second-order valence-corrected chi connectivity index (χ2v) is 5.15. The summed E-state index contributed by atoms with van der Waals surface area (Å²) < 4.78 is 11.1. The molecule has 1 atom stereocenters. The van der Waals surface area contributed by atoms with Crippen LogP contribution in [0.25, 0.3) is 0 Å². The number of rotatable bonds is 5. The number of ether oxygens (including phenoxy) is 2. The normalized spacial score (nSPS) is 19.4. The van der Waals surface area contributed by atoms with Crippen molar-refractivity contribution in [2.24, 2.45) is 5.92 Å². The molecule has 19 heavy (non-hydrogen) atoms. The molecular weight excluding hydrogens is 242 g/mol. The first kappa shape index (κ1) is 13.9. The van der Waals surface area contributed by atoms with E-state index in [2.05, 4.69) is 11.9 Å². The Kier molecular flexibility index (Phi) is 4.43. The summed E-state index contributed by atoms with van der Waals surface area (Å²) in [6.07, 6.45) is 1.17. The molecule has 1 fully saturated rings. The van der Waals surface area contributed by atoms with E-state index >= 15 is 0 Å². The van der Waals surface area contributed by atoms with Crippen LogP contribution in [0.4, 0.5) is 0 Å². The predicted molar refractivity (Wildman–Crippen MR) is 74.1 cm³/mol. The summed E-state index contributed by atoms with van der Waals surface area (Å²) in [6, 6.07) is 5.33. The zero-order valence-corrected chi connectivity index (χ0v) is 11.8. The van der Waals surface area contributed by atoms with Gasteiger partial charge in [-0.1, -0.05) is 0 Å². The highest BCUT2D eigenvalue weighted by Crippen LogP contribution is 2.29. The van der Waals surface area contributed by atoms with Crippen molar-refractivity contribution in [2.45, 2.75) is 13.3 Å². The summed E-state index contributed by atoms with van der Waals surface area (Å²) >= 11 is 0. The third-order valence-electron chi connectivity index (χ3n) is 3.53. The molecule has 104 valence electrons. The lowest BCUT2D eigenvalue weighted by Crippen LogP contribution is -2.18. The van der Waals surface area contributed by atoms with Crippen LogP contribution in [0.1, 0.15) is 23.7 Å². The number of nitrogens with zero attached hydrogens (tertiary/aromatic N) is 1. The molecule has 0 N–H and O–H groups in total. The number of likely N-dealkylation sites (tertiary alicyclic amines) is 1. The predicted octanol–water partition coefficient (Wildman–Crippen LogP) is 2.23. The lowest BCUT2D eigenvalue weighted by atomic mass is 10.1. The Labute approximate surface area is 114 Å². The van der Waals surface area contributed by atoms with Crippen molar-refractivity contribution in [3.05, 3.63) is 23.8 Å². The number of carbonyl (C=O) groups excluding carboxylic acids is 1. The number of benzene rings is 1. The zero-order chi connectivity index (χ0) is 13.8. The lowest BCUT2D eigenvalue weighted by Gasteiger charge is -2.15. The van der Waals surface area contributed by atoms with Gasteiger partial charge >= 0.3 is 0 Å². The van der Waals surface area contributed by atoms with Gasteiger partial charge in [-0.2, -0.15) is 0 Å². The van der Waals surface area contributed by atoms with E-state index in [4.69, 9.17) is 9.47 Å². The van der Waals surface area contributed by atoms with E-state index in [0.29, 0.717) is 29.6 Å². The minimum atomic E-state index is 0.0299. The molecule has 1 saturated heterocycles. The summed E-state index contributed by atoms with van der Waals surface area (Å²) in [5.74, 6) is 1.94. The fourth-order valence-electron chi connectivity index (χ4n) is 2.38. The van der Waals surface area contributed by atoms with Crippen LogP contribution in [0.5, 0.6) is 11.5 Å². The number of hydrogen-bond acceptors (Lipinski definition) is 4. The molecule has 1 aromatic rings. The Balaban J connectivity index is 2.01. The highest BCUT2D eigenvalue weighted by Gasteiger charge is 2.20. The van der Waals surface area contributed by atoms with Gasteiger partial charge in [-0.15, -0.1) is 0 Å². The van der Waals surface area contributed by atoms with Crippen LogP contribution in [0.3, 0.4) is 0 Å². The second kappa shape index (κ2) is 6.06. The molecule has 0 aliphatic carbocycles. The number of ketones is 1. The van der Waals surface area contributed by atoms with Gasteiger partial charge in [0.05, 0.1) is 13.7 Å². The van der Waals surface area contributed by atoms with E-state index in [1.807, 2.05) is 6.07 Å². The summed E-state index contributed by atoms with van der Waals surface area (Å²) in [5.41, 5.74) is 0.643. The SMILES string of the molecule is COc1cc(C(C)=O)ccc1OCC1CCN(C)C1. The average Bonchev–Trinajstić information content (AvgIpc) is 2.81. The van der Waals surface area contributed by atoms with Crippen molar-refractivity contribution in [2.75, 3.05) is 33.9 Å². The number of carbonyl (C=O) groups is 1. The Morgan fingerprint density at radius 2 is 2.21 bits per heavy atom. The number of methoxy groups -OCH3 is 1. The van der Waals surface area contributed by atoms with Crippen molar-refractivity contribution >= 4 is 5.78 Å². The molecule has 4 nitrogen and oxygen atoms in total. The molecule has 0 bridgehead atoms. The van der Waals surface area contributed by atoms with Crippen molar-refractivity contribution in [3.63, 3.8) is 0 Å². The Bertz CT molecular complexity index is 459. The van der Waals surface area contributed by atoms with Crippen molar-refractivity contribution in [3.8, 4) is 11.5 Å². The largest absolute Gasteiger partial charge is 0.493 e. The fourth-order valence-corrected chi connectivity index (χ4v) is 2.38. The van der Waals surface area contributed by atoms with Gasteiger partial charge in [-0.3, -0.25) is 4.79 Å². The first-order chi connectivity index (χ1) is 9.10. The lowest BCUT2D eigenvalue weighted by molar-refractivity contribution is 0.101. The van der Waals surface area contributed by atoms with Gasteiger partial charge in [0.1, 0.15) is 0 Å². The summed E-state index contributed by atoms with van der Waals surface area (Å²) in [4.78, 5) is 13.6. The smallest absolute Gasteiger partial charge is 0.161 e. The van der Waals surface area contributed by atoms with Crippen LogP contribution >= 0.6 is 0 Å². The van der Waals surface area contributed by atoms with Crippen LogP contribution in [-0.2, 0) is 0 Å². The van der Waals surface area contributed by atoms with E-state index in [-0.39, 0.29) is 5.78 Å². The minimum Gasteiger partial charge on any atom is -0.493 e. The maximum atomic E-state index is 11.3. The van der Waals surface area contributed by atoms with Gasteiger partial charge in [0.15, 0.2) is 17.3 Å². The minimum absolute atomic E-state index is 0.0299. The van der Waals surface area contributed by atoms with E-state index in [9.17, 15) is 4.79 Å². The van der Waals surface area contributed by atoms with Crippen LogP contribution in [0.15, 0.2) is 18.2 Å². The van der Waals surface area contributed by atoms with Crippen molar-refractivity contribution in [1.29, 1.82) is 0 Å². The Morgan fingerprint density at radius 3 is 2.79 bits per heavy atom. The van der Waals surface area contributed by atoms with Gasteiger partial charge in [-0.05, 0) is 45.1 Å². The number of hydrogen-bond donors (Lipinski definition) is 0.